The summed E-state index contributed by atoms with van der Waals surface area (Å²) in [7, 11) is -3.65. The molecule has 0 amide bonds. The fraction of sp³-hybridized carbons (Fsp3) is 0.118. The van der Waals surface area contributed by atoms with E-state index < -0.39 is 10.0 Å². The van der Waals surface area contributed by atoms with Crippen molar-refractivity contribution in [3.63, 3.8) is 0 Å². The second-order valence-corrected chi connectivity index (χ2v) is 8.55. The Bertz CT molecular complexity index is 897. The van der Waals surface area contributed by atoms with Crippen molar-refractivity contribution in [2.75, 3.05) is 0 Å². The highest BCUT2D eigenvalue weighted by Gasteiger charge is 2.25. The zero-order valence-corrected chi connectivity index (χ0v) is 15.1. The minimum absolute atomic E-state index is 0.184. The molecule has 0 saturated heterocycles. The normalized spacial score (nSPS) is 11.8. The van der Waals surface area contributed by atoms with E-state index in [-0.39, 0.29) is 18.0 Å². The van der Waals surface area contributed by atoms with Crippen molar-refractivity contribution < 1.29 is 8.42 Å². The average molecular weight is 379 g/mol. The third-order valence-electron chi connectivity index (χ3n) is 3.43. The molecule has 124 valence electrons. The Morgan fingerprint density at radius 2 is 1.88 bits per heavy atom. The highest BCUT2D eigenvalue weighted by molar-refractivity contribution is 7.89. The van der Waals surface area contributed by atoms with Crippen molar-refractivity contribution in [3.05, 3.63) is 81.8 Å². The first-order chi connectivity index (χ1) is 11.6. The van der Waals surface area contributed by atoms with Crippen LogP contribution in [0.2, 0.25) is 5.02 Å². The van der Waals surface area contributed by atoms with Crippen molar-refractivity contribution in [2.24, 2.45) is 0 Å². The van der Waals surface area contributed by atoms with Gasteiger partial charge in [-0.1, -0.05) is 41.9 Å². The molecule has 0 aliphatic carbocycles. The van der Waals surface area contributed by atoms with Crippen molar-refractivity contribution in [1.82, 2.24) is 9.29 Å². The molecular weight excluding hydrogens is 364 g/mol. The second-order valence-electron chi connectivity index (χ2n) is 5.18. The molecule has 0 atom stereocenters. The standard InChI is InChI=1S/C17H15ClN2O2S2/c18-15-9-16(23-13-15)12-20(11-14-5-2-1-3-6-14)24(21,22)17-7-4-8-19-10-17/h1-10,13H,11-12H2. The fourth-order valence-electron chi connectivity index (χ4n) is 2.27. The van der Waals surface area contributed by atoms with E-state index in [1.165, 1.54) is 21.8 Å². The van der Waals surface area contributed by atoms with Crippen molar-refractivity contribution in [1.29, 1.82) is 0 Å². The van der Waals surface area contributed by atoms with Crippen molar-refractivity contribution in [2.45, 2.75) is 18.0 Å². The SMILES string of the molecule is O=S(=O)(c1cccnc1)N(Cc1ccccc1)Cc1cc(Cl)cs1. The van der Waals surface area contributed by atoms with Crippen LogP contribution in [0, 0.1) is 0 Å². The zero-order valence-electron chi connectivity index (χ0n) is 12.7. The maximum absolute atomic E-state index is 13.0. The summed E-state index contributed by atoms with van der Waals surface area (Å²) < 4.78 is 27.5. The minimum Gasteiger partial charge on any atom is -0.263 e. The number of hydrogen-bond acceptors (Lipinski definition) is 4. The number of thiophene rings is 1. The van der Waals surface area contributed by atoms with Crippen LogP contribution >= 0.6 is 22.9 Å². The van der Waals surface area contributed by atoms with Gasteiger partial charge in [-0.2, -0.15) is 4.31 Å². The van der Waals surface area contributed by atoms with Gasteiger partial charge in [-0.3, -0.25) is 4.98 Å². The van der Waals surface area contributed by atoms with E-state index in [2.05, 4.69) is 4.98 Å². The number of sulfonamides is 1. The van der Waals surface area contributed by atoms with Gasteiger partial charge in [-0.15, -0.1) is 11.3 Å². The Kier molecular flexibility index (Phi) is 5.30. The second kappa shape index (κ2) is 7.44. The van der Waals surface area contributed by atoms with E-state index in [1.54, 1.807) is 29.8 Å². The van der Waals surface area contributed by atoms with Crippen molar-refractivity contribution in [3.8, 4) is 0 Å². The van der Waals surface area contributed by atoms with Crippen molar-refractivity contribution >= 4 is 33.0 Å². The van der Waals surface area contributed by atoms with Crippen LogP contribution in [0.4, 0.5) is 0 Å². The Balaban J connectivity index is 1.94. The molecule has 2 heterocycles. The molecule has 0 N–H and O–H groups in total. The van der Waals surface area contributed by atoms with Crippen LogP contribution in [0.25, 0.3) is 0 Å². The van der Waals surface area contributed by atoms with E-state index >= 15 is 0 Å². The number of benzene rings is 1. The molecule has 3 rings (SSSR count). The summed E-state index contributed by atoms with van der Waals surface area (Å²) in [6, 6.07) is 14.5. The molecule has 0 aliphatic rings. The fourth-order valence-corrected chi connectivity index (χ4v) is 4.81. The van der Waals surface area contributed by atoms with Gasteiger partial charge in [0.05, 0.1) is 5.02 Å². The molecule has 2 aromatic heterocycles. The van der Waals surface area contributed by atoms with Gasteiger partial charge in [0.25, 0.3) is 0 Å². The van der Waals surface area contributed by atoms with Gasteiger partial charge < -0.3 is 0 Å². The Morgan fingerprint density at radius 3 is 2.50 bits per heavy atom. The Morgan fingerprint density at radius 1 is 1.08 bits per heavy atom. The zero-order chi connectivity index (χ0) is 17.0. The Hall–Kier alpha value is -1.73. The van der Waals surface area contributed by atoms with E-state index in [4.69, 9.17) is 11.6 Å². The summed E-state index contributed by atoms with van der Waals surface area (Å²) in [5, 5.41) is 2.42. The number of pyridine rings is 1. The van der Waals surface area contributed by atoms with E-state index in [0.717, 1.165) is 10.4 Å². The number of hydrogen-bond donors (Lipinski definition) is 0. The maximum atomic E-state index is 13.0. The number of halogens is 1. The molecule has 1 aromatic carbocycles. The van der Waals surface area contributed by atoms with Gasteiger partial charge in [0.2, 0.25) is 10.0 Å². The molecule has 0 aliphatic heterocycles. The topological polar surface area (TPSA) is 50.3 Å². The molecule has 0 unspecified atom stereocenters. The van der Waals surface area contributed by atoms with Gasteiger partial charge in [0.15, 0.2) is 0 Å². The molecular formula is C17H15ClN2O2S2. The molecule has 4 nitrogen and oxygen atoms in total. The molecule has 0 saturated carbocycles. The summed E-state index contributed by atoms with van der Waals surface area (Å²) in [4.78, 5) is 5.00. The van der Waals surface area contributed by atoms with Crippen LogP contribution in [0.5, 0.6) is 0 Å². The molecule has 7 heteroatoms. The summed E-state index contributed by atoms with van der Waals surface area (Å²) in [6.45, 7) is 0.553. The van der Waals surface area contributed by atoms with Crippen LogP contribution in [-0.4, -0.2) is 17.7 Å². The summed E-state index contributed by atoms with van der Waals surface area (Å²) >= 11 is 7.41. The highest BCUT2D eigenvalue weighted by Crippen LogP contribution is 2.25. The lowest BCUT2D eigenvalue weighted by Gasteiger charge is -2.21. The van der Waals surface area contributed by atoms with Crippen LogP contribution in [0.3, 0.4) is 0 Å². The monoisotopic (exact) mass is 378 g/mol. The van der Waals surface area contributed by atoms with Crippen LogP contribution in [-0.2, 0) is 23.1 Å². The molecule has 0 fully saturated rings. The largest absolute Gasteiger partial charge is 0.263 e. The lowest BCUT2D eigenvalue weighted by atomic mass is 10.2. The summed E-state index contributed by atoms with van der Waals surface area (Å²) in [6.07, 6.45) is 2.92. The van der Waals surface area contributed by atoms with Crippen LogP contribution in [0.1, 0.15) is 10.4 Å². The third kappa shape index (κ3) is 4.02. The molecule has 0 radical (unpaired) electrons. The highest BCUT2D eigenvalue weighted by atomic mass is 35.5. The van der Waals surface area contributed by atoms with Crippen LogP contribution < -0.4 is 0 Å². The quantitative estimate of drug-likeness (QED) is 0.646. The lowest BCUT2D eigenvalue weighted by Crippen LogP contribution is -2.30. The predicted molar refractivity (Wildman–Crippen MR) is 96.4 cm³/mol. The first-order valence-electron chi connectivity index (χ1n) is 7.23. The predicted octanol–water partition coefficient (Wildman–Crippen LogP) is 4.19. The van der Waals surface area contributed by atoms with Gasteiger partial charge in [-0.25, -0.2) is 8.42 Å². The van der Waals surface area contributed by atoms with Crippen LogP contribution in [0.15, 0.2) is 71.2 Å². The number of rotatable bonds is 6. The van der Waals surface area contributed by atoms with Gasteiger partial charge in [0.1, 0.15) is 4.90 Å². The average Bonchev–Trinajstić information content (AvgIpc) is 3.01. The van der Waals surface area contributed by atoms with Gasteiger partial charge >= 0.3 is 0 Å². The molecule has 0 spiro atoms. The molecule has 24 heavy (non-hydrogen) atoms. The van der Waals surface area contributed by atoms with E-state index in [1.807, 2.05) is 30.3 Å². The first kappa shape index (κ1) is 17.1. The number of nitrogens with zero attached hydrogens (tertiary/aromatic N) is 2. The third-order valence-corrected chi connectivity index (χ3v) is 6.47. The number of aromatic nitrogens is 1. The maximum Gasteiger partial charge on any atom is 0.245 e. The smallest absolute Gasteiger partial charge is 0.245 e. The molecule has 3 aromatic rings. The lowest BCUT2D eigenvalue weighted by molar-refractivity contribution is 0.404. The Labute approximate surface area is 150 Å². The minimum atomic E-state index is -3.65. The van der Waals surface area contributed by atoms with E-state index in [9.17, 15) is 8.42 Å². The van der Waals surface area contributed by atoms with Gasteiger partial charge in [-0.05, 0) is 23.8 Å². The first-order valence-corrected chi connectivity index (χ1v) is 9.92. The molecule has 0 bridgehead atoms. The summed E-state index contributed by atoms with van der Waals surface area (Å²) in [5.41, 5.74) is 0.924. The van der Waals surface area contributed by atoms with Gasteiger partial charge in [0, 0.05) is 35.7 Å². The van der Waals surface area contributed by atoms with E-state index in [0.29, 0.717) is 5.02 Å². The summed E-state index contributed by atoms with van der Waals surface area (Å²) in [5.74, 6) is 0.